The van der Waals surface area contributed by atoms with E-state index in [-0.39, 0.29) is 5.75 Å². The zero-order valence-corrected chi connectivity index (χ0v) is 10.1. The highest BCUT2D eigenvalue weighted by molar-refractivity contribution is 7.92. The third kappa shape index (κ3) is 2.82. The second-order valence-electron chi connectivity index (χ2n) is 3.37. The van der Waals surface area contributed by atoms with Crippen LogP contribution in [0.3, 0.4) is 0 Å². The second-order valence-corrected chi connectivity index (χ2v) is 5.38. The molecule has 0 aliphatic heterocycles. The first-order valence-electron chi connectivity index (χ1n) is 5.08. The van der Waals surface area contributed by atoms with Crippen LogP contribution in [0.1, 0.15) is 6.92 Å². The molecule has 6 nitrogen and oxygen atoms in total. The lowest BCUT2D eigenvalue weighted by Crippen LogP contribution is -2.14. The van der Waals surface area contributed by atoms with Gasteiger partial charge < -0.3 is 0 Å². The SMILES string of the molecule is CCS(=O)(=O)Nc1ccc(-n2nccn2)cc1. The van der Waals surface area contributed by atoms with Crippen molar-refractivity contribution in [3.05, 3.63) is 36.7 Å². The molecule has 7 heteroatoms. The van der Waals surface area contributed by atoms with Crippen molar-refractivity contribution in [2.24, 2.45) is 0 Å². The summed E-state index contributed by atoms with van der Waals surface area (Å²) in [6.45, 7) is 1.59. The van der Waals surface area contributed by atoms with Gasteiger partial charge in [-0.05, 0) is 31.2 Å². The summed E-state index contributed by atoms with van der Waals surface area (Å²) in [4.78, 5) is 1.46. The molecule has 0 unspecified atom stereocenters. The van der Waals surface area contributed by atoms with Crippen LogP contribution in [-0.4, -0.2) is 29.2 Å². The molecule has 0 saturated heterocycles. The number of aromatic nitrogens is 3. The molecule has 0 radical (unpaired) electrons. The molecule has 0 bridgehead atoms. The molecule has 0 spiro atoms. The van der Waals surface area contributed by atoms with E-state index >= 15 is 0 Å². The highest BCUT2D eigenvalue weighted by Gasteiger charge is 2.06. The van der Waals surface area contributed by atoms with Crippen LogP contribution < -0.4 is 4.72 Å². The Hall–Kier alpha value is -1.89. The van der Waals surface area contributed by atoms with E-state index in [0.717, 1.165) is 5.69 Å². The van der Waals surface area contributed by atoms with E-state index in [0.29, 0.717) is 5.69 Å². The molecular weight excluding hydrogens is 240 g/mol. The van der Waals surface area contributed by atoms with Gasteiger partial charge in [0.15, 0.2) is 0 Å². The average Bonchev–Trinajstić information content (AvgIpc) is 2.83. The molecule has 2 aromatic rings. The molecule has 17 heavy (non-hydrogen) atoms. The Bertz CT molecular complexity index is 575. The average molecular weight is 252 g/mol. The van der Waals surface area contributed by atoms with E-state index in [9.17, 15) is 8.42 Å². The van der Waals surface area contributed by atoms with Gasteiger partial charge in [-0.2, -0.15) is 15.0 Å². The zero-order valence-electron chi connectivity index (χ0n) is 9.24. The van der Waals surface area contributed by atoms with Crippen molar-refractivity contribution in [2.45, 2.75) is 6.92 Å². The molecule has 0 fully saturated rings. The van der Waals surface area contributed by atoms with Crippen LogP contribution in [0.5, 0.6) is 0 Å². The fourth-order valence-corrected chi connectivity index (χ4v) is 1.90. The van der Waals surface area contributed by atoms with E-state index in [1.165, 1.54) is 4.80 Å². The smallest absolute Gasteiger partial charge is 0.232 e. The number of benzene rings is 1. The van der Waals surface area contributed by atoms with Crippen LogP contribution in [0.25, 0.3) is 5.69 Å². The summed E-state index contributed by atoms with van der Waals surface area (Å²) >= 11 is 0. The number of hydrogen-bond acceptors (Lipinski definition) is 4. The normalized spacial score (nSPS) is 11.4. The summed E-state index contributed by atoms with van der Waals surface area (Å²) in [7, 11) is -3.23. The predicted octanol–water partition coefficient (Wildman–Crippen LogP) is 1.03. The molecular formula is C10H12N4O2S. The first kappa shape index (κ1) is 11.6. The van der Waals surface area contributed by atoms with E-state index in [1.54, 1.807) is 43.6 Å². The van der Waals surface area contributed by atoms with Crippen LogP contribution in [0, 0.1) is 0 Å². The minimum Gasteiger partial charge on any atom is -0.284 e. The first-order chi connectivity index (χ1) is 8.11. The van der Waals surface area contributed by atoms with Gasteiger partial charge >= 0.3 is 0 Å². The summed E-state index contributed by atoms with van der Waals surface area (Å²) in [5.41, 5.74) is 1.30. The Labute approximate surface area is 99.3 Å². The Morgan fingerprint density at radius 3 is 2.29 bits per heavy atom. The quantitative estimate of drug-likeness (QED) is 0.881. The Morgan fingerprint density at radius 2 is 1.76 bits per heavy atom. The molecule has 0 aliphatic rings. The van der Waals surface area contributed by atoms with Gasteiger partial charge in [-0.1, -0.05) is 0 Å². The maximum absolute atomic E-state index is 11.3. The topological polar surface area (TPSA) is 76.9 Å². The molecule has 0 amide bonds. The molecule has 1 aromatic carbocycles. The van der Waals surface area contributed by atoms with E-state index in [1.807, 2.05) is 0 Å². The van der Waals surface area contributed by atoms with Crippen molar-refractivity contribution in [3.63, 3.8) is 0 Å². The van der Waals surface area contributed by atoms with Gasteiger partial charge in [0.05, 0.1) is 23.8 Å². The van der Waals surface area contributed by atoms with Gasteiger partial charge in [0.1, 0.15) is 0 Å². The van der Waals surface area contributed by atoms with Gasteiger partial charge in [-0.25, -0.2) is 8.42 Å². The standard InChI is InChI=1S/C10H12N4O2S/c1-2-17(15,16)13-9-3-5-10(6-4-9)14-11-7-8-12-14/h3-8,13H,2H2,1H3. The Kier molecular flexibility index (Phi) is 3.10. The van der Waals surface area contributed by atoms with Crippen LogP contribution >= 0.6 is 0 Å². The molecule has 1 aromatic heterocycles. The number of anilines is 1. The van der Waals surface area contributed by atoms with Crippen molar-refractivity contribution in [3.8, 4) is 5.69 Å². The lowest BCUT2D eigenvalue weighted by molar-refractivity contribution is 0.602. The maximum Gasteiger partial charge on any atom is 0.232 e. The molecule has 2 rings (SSSR count). The largest absolute Gasteiger partial charge is 0.284 e. The lowest BCUT2D eigenvalue weighted by Gasteiger charge is -2.06. The zero-order chi connectivity index (χ0) is 12.3. The van der Waals surface area contributed by atoms with Crippen LogP contribution in [-0.2, 0) is 10.0 Å². The number of sulfonamides is 1. The van der Waals surface area contributed by atoms with Gasteiger partial charge in [0.2, 0.25) is 10.0 Å². The Morgan fingerprint density at radius 1 is 1.18 bits per heavy atom. The number of hydrogen-bond donors (Lipinski definition) is 1. The lowest BCUT2D eigenvalue weighted by atomic mass is 10.3. The van der Waals surface area contributed by atoms with Gasteiger partial charge in [0.25, 0.3) is 0 Å². The number of nitrogens with one attached hydrogen (secondary N) is 1. The summed E-state index contributed by atoms with van der Waals surface area (Å²) < 4.78 is 25.1. The van der Waals surface area contributed by atoms with Gasteiger partial charge in [-0.15, -0.1) is 0 Å². The molecule has 0 atom stereocenters. The monoisotopic (exact) mass is 252 g/mol. The fraction of sp³-hybridized carbons (Fsp3) is 0.200. The highest BCUT2D eigenvalue weighted by atomic mass is 32.2. The van der Waals surface area contributed by atoms with E-state index in [2.05, 4.69) is 14.9 Å². The van der Waals surface area contributed by atoms with E-state index in [4.69, 9.17) is 0 Å². The molecule has 0 aliphatic carbocycles. The molecule has 0 saturated carbocycles. The van der Waals surface area contributed by atoms with Crippen molar-refractivity contribution in [2.75, 3.05) is 10.5 Å². The van der Waals surface area contributed by atoms with Crippen molar-refractivity contribution >= 4 is 15.7 Å². The Balaban J connectivity index is 2.19. The van der Waals surface area contributed by atoms with Crippen molar-refractivity contribution in [1.82, 2.24) is 15.0 Å². The van der Waals surface area contributed by atoms with Crippen LogP contribution in [0.2, 0.25) is 0 Å². The van der Waals surface area contributed by atoms with Crippen LogP contribution in [0.4, 0.5) is 5.69 Å². The first-order valence-corrected chi connectivity index (χ1v) is 6.73. The predicted molar refractivity (Wildman–Crippen MR) is 64.4 cm³/mol. The molecule has 1 heterocycles. The van der Waals surface area contributed by atoms with E-state index < -0.39 is 10.0 Å². The molecule has 90 valence electrons. The highest BCUT2D eigenvalue weighted by Crippen LogP contribution is 2.13. The third-order valence-electron chi connectivity index (χ3n) is 2.17. The third-order valence-corrected chi connectivity index (χ3v) is 3.48. The van der Waals surface area contributed by atoms with Crippen molar-refractivity contribution in [1.29, 1.82) is 0 Å². The fourth-order valence-electron chi connectivity index (χ4n) is 1.26. The molecule has 1 N–H and O–H groups in total. The van der Waals surface area contributed by atoms with Gasteiger partial charge in [0, 0.05) is 5.69 Å². The number of nitrogens with zero attached hydrogens (tertiary/aromatic N) is 3. The van der Waals surface area contributed by atoms with Gasteiger partial charge in [-0.3, -0.25) is 4.72 Å². The summed E-state index contributed by atoms with van der Waals surface area (Å²) in [6, 6.07) is 6.83. The minimum absolute atomic E-state index is 0.0511. The summed E-state index contributed by atoms with van der Waals surface area (Å²) in [5.74, 6) is 0.0511. The van der Waals surface area contributed by atoms with Crippen LogP contribution in [0.15, 0.2) is 36.7 Å². The number of rotatable bonds is 4. The minimum atomic E-state index is -3.23. The summed E-state index contributed by atoms with van der Waals surface area (Å²) in [6.07, 6.45) is 3.15. The second kappa shape index (κ2) is 4.54. The summed E-state index contributed by atoms with van der Waals surface area (Å²) in [5, 5.41) is 7.95. The van der Waals surface area contributed by atoms with Crippen molar-refractivity contribution < 1.29 is 8.42 Å². The maximum atomic E-state index is 11.3.